The van der Waals surface area contributed by atoms with Crippen molar-refractivity contribution >= 4 is 34.4 Å². The molecule has 0 unspecified atom stereocenters. The van der Waals surface area contributed by atoms with Crippen molar-refractivity contribution in [3.8, 4) is 0 Å². The van der Waals surface area contributed by atoms with Gasteiger partial charge in [-0.15, -0.1) is 0 Å². The molecule has 0 aliphatic carbocycles. The van der Waals surface area contributed by atoms with E-state index in [1.807, 2.05) is 6.92 Å². The summed E-state index contributed by atoms with van der Waals surface area (Å²) in [7, 11) is 0. The van der Waals surface area contributed by atoms with E-state index in [-0.39, 0.29) is 5.28 Å². The Hall–Kier alpha value is -0.870. The minimum Gasteiger partial charge on any atom is -0.313 e. The molecule has 0 aliphatic heterocycles. The molecule has 29 heavy (non-hydrogen) atoms. The van der Waals surface area contributed by atoms with Gasteiger partial charge in [-0.25, -0.2) is 9.97 Å². The van der Waals surface area contributed by atoms with Gasteiger partial charge in [0.15, 0.2) is 10.8 Å². The Morgan fingerprint density at radius 2 is 1.14 bits per heavy atom. The molecule has 0 spiro atoms. The number of hydrogen-bond acceptors (Lipinski definition) is 3. The highest BCUT2D eigenvalue weighted by Crippen LogP contribution is 2.23. The second-order valence-electron chi connectivity index (χ2n) is 8.22. The predicted molar refractivity (Wildman–Crippen MR) is 125 cm³/mol. The summed E-state index contributed by atoms with van der Waals surface area (Å²) in [5.74, 6) is 0.920. The van der Waals surface area contributed by atoms with Crippen LogP contribution >= 0.6 is 23.2 Å². The molecule has 0 aromatic carbocycles. The van der Waals surface area contributed by atoms with Crippen LogP contribution in [-0.4, -0.2) is 19.5 Å². The summed E-state index contributed by atoms with van der Waals surface area (Å²) >= 11 is 12.1. The van der Waals surface area contributed by atoms with Gasteiger partial charge >= 0.3 is 0 Å². The molecule has 0 fully saturated rings. The van der Waals surface area contributed by atoms with Crippen LogP contribution in [0.15, 0.2) is 0 Å². The number of hydrogen-bond donors (Lipinski definition) is 0. The van der Waals surface area contributed by atoms with Gasteiger partial charge in [-0.05, 0) is 24.9 Å². The molecule has 0 saturated heterocycles. The molecule has 0 radical (unpaired) electrons. The van der Waals surface area contributed by atoms with E-state index in [0.29, 0.717) is 10.7 Å². The van der Waals surface area contributed by atoms with Gasteiger partial charge in [0.25, 0.3) is 0 Å². The Bertz CT molecular complexity index is 714. The lowest BCUT2D eigenvalue weighted by Gasteiger charge is -2.07. The number of halogens is 2. The Morgan fingerprint density at radius 3 is 1.66 bits per heavy atom. The van der Waals surface area contributed by atoms with E-state index in [1.54, 1.807) is 0 Å². The van der Waals surface area contributed by atoms with Crippen LogP contribution < -0.4 is 0 Å². The predicted octanol–water partition coefficient (Wildman–Crippen LogP) is 8.31. The highest BCUT2D eigenvalue weighted by atomic mass is 35.5. The summed E-state index contributed by atoms with van der Waals surface area (Å²) in [6.07, 6.45) is 20.6. The van der Waals surface area contributed by atoms with Crippen LogP contribution in [0.1, 0.15) is 109 Å². The van der Waals surface area contributed by atoms with Gasteiger partial charge in [0.2, 0.25) is 5.28 Å². The van der Waals surface area contributed by atoms with Crippen LogP contribution in [0.5, 0.6) is 0 Å². The second-order valence-corrected chi connectivity index (χ2v) is 8.91. The summed E-state index contributed by atoms with van der Waals surface area (Å²) in [4.78, 5) is 12.8. The SMILES string of the molecule is CCCCCCCCCCCCCCCCCn1c(C)nc2c(Cl)nc(Cl)nc21. The van der Waals surface area contributed by atoms with E-state index < -0.39 is 0 Å². The maximum absolute atomic E-state index is 6.13. The van der Waals surface area contributed by atoms with Crippen molar-refractivity contribution in [3.05, 3.63) is 16.3 Å². The van der Waals surface area contributed by atoms with E-state index >= 15 is 0 Å². The van der Waals surface area contributed by atoms with E-state index in [4.69, 9.17) is 23.2 Å². The molecule has 2 heterocycles. The van der Waals surface area contributed by atoms with E-state index in [2.05, 4.69) is 26.4 Å². The third-order valence-corrected chi connectivity index (χ3v) is 6.13. The van der Waals surface area contributed by atoms with Crippen molar-refractivity contribution < 1.29 is 0 Å². The minimum atomic E-state index is 0.181. The monoisotopic (exact) mass is 440 g/mol. The number of imidazole rings is 1. The van der Waals surface area contributed by atoms with E-state index in [9.17, 15) is 0 Å². The zero-order valence-corrected chi connectivity index (χ0v) is 19.9. The first-order valence-corrected chi connectivity index (χ1v) is 12.4. The minimum absolute atomic E-state index is 0.181. The van der Waals surface area contributed by atoms with Gasteiger partial charge < -0.3 is 4.57 Å². The van der Waals surface area contributed by atoms with Crippen LogP contribution in [0.25, 0.3) is 11.2 Å². The fraction of sp³-hybridized carbons (Fsp3) is 0.783. The van der Waals surface area contributed by atoms with Gasteiger partial charge in [0, 0.05) is 6.54 Å². The highest BCUT2D eigenvalue weighted by molar-refractivity contribution is 6.35. The first-order valence-electron chi connectivity index (χ1n) is 11.7. The Balaban J connectivity index is 1.49. The molecule has 0 amide bonds. The lowest BCUT2D eigenvalue weighted by atomic mass is 10.0. The first kappa shape index (κ1) is 24.4. The summed E-state index contributed by atoms with van der Waals surface area (Å²) in [5.41, 5.74) is 1.40. The normalized spacial score (nSPS) is 11.6. The lowest BCUT2D eigenvalue weighted by Crippen LogP contribution is -2.02. The van der Waals surface area contributed by atoms with Crippen molar-refractivity contribution in [3.63, 3.8) is 0 Å². The maximum atomic E-state index is 6.13. The van der Waals surface area contributed by atoms with Crippen LogP contribution in [0.4, 0.5) is 0 Å². The van der Waals surface area contributed by atoms with Crippen molar-refractivity contribution in [1.82, 2.24) is 19.5 Å². The Labute approximate surface area is 186 Å². The standard InChI is InChI=1S/C23H38Cl2N4/c1-3-4-5-6-7-8-9-10-11-12-13-14-15-16-17-18-29-19(2)26-20-21(24)27-23(25)28-22(20)29/h3-18H2,1-2H3. The molecule has 0 atom stereocenters. The largest absolute Gasteiger partial charge is 0.313 e. The van der Waals surface area contributed by atoms with Crippen molar-refractivity contribution in [2.24, 2.45) is 0 Å². The zero-order chi connectivity index (χ0) is 20.9. The number of unbranched alkanes of at least 4 members (excludes halogenated alkanes) is 14. The van der Waals surface area contributed by atoms with E-state index in [1.165, 1.54) is 89.9 Å². The molecule has 2 aromatic rings. The van der Waals surface area contributed by atoms with Gasteiger partial charge in [-0.2, -0.15) is 4.98 Å². The van der Waals surface area contributed by atoms with Crippen molar-refractivity contribution in [1.29, 1.82) is 0 Å². The fourth-order valence-corrected chi connectivity index (χ4v) is 4.37. The average molecular weight is 441 g/mol. The molecule has 0 saturated carbocycles. The van der Waals surface area contributed by atoms with Gasteiger partial charge in [0.05, 0.1) is 0 Å². The Kier molecular flexibility index (Phi) is 11.9. The molecule has 4 nitrogen and oxygen atoms in total. The van der Waals surface area contributed by atoms with E-state index in [0.717, 1.165) is 24.4 Å². The summed E-state index contributed by atoms with van der Waals surface area (Å²) in [6.45, 7) is 5.17. The van der Waals surface area contributed by atoms with Crippen LogP contribution in [0, 0.1) is 6.92 Å². The molecular weight excluding hydrogens is 403 g/mol. The number of aromatic nitrogens is 4. The summed E-state index contributed by atoms with van der Waals surface area (Å²) in [6, 6.07) is 0. The quantitative estimate of drug-likeness (QED) is 0.149. The first-order chi connectivity index (χ1) is 14.1. The smallest absolute Gasteiger partial charge is 0.225 e. The summed E-state index contributed by atoms with van der Waals surface area (Å²) < 4.78 is 2.11. The lowest BCUT2D eigenvalue weighted by molar-refractivity contribution is 0.522. The van der Waals surface area contributed by atoms with Crippen molar-refractivity contribution in [2.75, 3.05) is 0 Å². The molecular formula is C23H38Cl2N4. The van der Waals surface area contributed by atoms with Crippen LogP contribution in [0.2, 0.25) is 10.4 Å². The van der Waals surface area contributed by atoms with Gasteiger partial charge in [0.1, 0.15) is 11.3 Å². The van der Waals surface area contributed by atoms with Crippen molar-refractivity contribution in [2.45, 2.75) is 117 Å². The molecule has 164 valence electrons. The summed E-state index contributed by atoms with van der Waals surface area (Å²) in [5, 5.41) is 0.512. The number of fused-ring (bicyclic) bond motifs is 1. The van der Waals surface area contributed by atoms with Gasteiger partial charge in [-0.1, -0.05) is 108 Å². The third kappa shape index (κ3) is 8.80. The molecule has 0 aliphatic rings. The number of nitrogens with zero attached hydrogens (tertiary/aromatic N) is 4. The molecule has 6 heteroatoms. The highest BCUT2D eigenvalue weighted by Gasteiger charge is 2.13. The fourth-order valence-electron chi connectivity index (χ4n) is 3.96. The third-order valence-electron chi connectivity index (χ3n) is 5.70. The molecule has 0 bridgehead atoms. The molecule has 2 aromatic heterocycles. The second kappa shape index (κ2) is 14.2. The van der Waals surface area contributed by atoms with Crippen LogP contribution in [-0.2, 0) is 6.54 Å². The molecule has 0 N–H and O–H groups in total. The Morgan fingerprint density at radius 1 is 0.655 bits per heavy atom. The maximum Gasteiger partial charge on any atom is 0.225 e. The molecule has 2 rings (SSSR count). The zero-order valence-electron chi connectivity index (χ0n) is 18.4. The number of aryl methyl sites for hydroxylation is 2. The van der Waals surface area contributed by atoms with Gasteiger partial charge in [-0.3, -0.25) is 0 Å². The number of rotatable bonds is 16. The average Bonchev–Trinajstić information content (AvgIpc) is 3.00. The van der Waals surface area contributed by atoms with Crippen LogP contribution in [0.3, 0.4) is 0 Å². The topological polar surface area (TPSA) is 43.6 Å².